The second-order valence-corrected chi connectivity index (χ2v) is 6.21. The van der Waals surface area contributed by atoms with Crippen LogP contribution in [0.15, 0.2) is 27.1 Å². The van der Waals surface area contributed by atoms with E-state index in [1.807, 2.05) is 0 Å². The smallest absolute Gasteiger partial charge is 0.311 e. The maximum Gasteiger partial charge on any atom is 0.311 e. The van der Waals surface area contributed by atoms with Crippen LogP contribution in [0.5, 0.6) is 5.75 Å². The largest absolute Gasteiger partial charge is 0.496 e. The summed E-state index contributed by atoms with van der Waals surface area (Å²) in [5.74, 6) is -0.375. The van der Waals surface area contributed by atoms with E-state index in [1.54, 1.807) is 12.3 Å². The molecule has 0 saturated heterocycles. The number of carbonyl (C=O) groups is 1. The summed E-state index contributed by atoms with van der Waals surface area (Å²) < 4.78 is 23.8. The molecule has 0 aliphatic rings. The molecule has 0 atom stereocenters. The van der Waals surface area contributed by atoms with E-state index in [4.69, 9.17) is 9.47 Å². The fraction of sp³-hybridized carbons (Fsp3) is 0.267. The fourth-order valence-electron chi connectivity index (χ4n) is 1.81. The van der Waals surface area contributed by atoms with Crippen molar-refractivity contribution in [1.82, 2.24) is 4.98 Å². The topological polar surface area (TPSA) is 72.8 Å². The van der Waals surface area contributed by atoms with Gasteiger partial charge >= 0.3 is 5.97 Å². The predicted molar refractivity (Wildman–Crippen MR) is 94.3 cm³/mol. The Labute approximate surface area is 150 Å². The highest BCUT2D eigenvalue weighted by Gasteiger charge is 2.09. The van der Waals surface area contributed by atoms with Gasteiger partial charge in [-0.05, 0) is 28.9 Å². The Morgan fingerprint density at radius 1 is 1.54 bits per heavy atom. The zero-order valence-electron chi connectivity index (χ0n) is 13.0. The maximum absolute atomic E-state index is 13.3. The van der Waals surface area contributed by atoms with Crippen LogP contribution in [-0.4, -0.2) is 30.9 Å². The Morgan fingerprint density at radius 3 is 3.04 bits per heavy atom. The Morgan fingerprint density at radius 2 is 2.33 bits per heavy atom. The predicted octanol–water partition coefficient (Wildman–Crippen LogP) is 3.60. The van der Waals surface area contributed by atoms with Gasteiger partial charge in [-0.2, -0.15) is 5.10 Å². The van der Waals surface area contributed by atoms with Gasteiger partial charge in [0.15, 0.2) is 0 Å². The van der Waals surface area contributed by atoms with Crippen LogP contribution in [0.2, 0.25) is 0 Å². The SMILES string of the molecule is CCOC(=O)Cc1csc(NN=Cc2c(Br)cc(F)cc2OC)n1. The lowest BCUT2D eigenvalue weighted by Gasteiger charge is -2.06. The van der Waals surface area contributed by atoms with Crippen molar-refractivity contribution in [3.05, 3.63) is 39.1 Å². The molecule has 0 aliphatic carbocycles. The first-order valence-corrected chi connectivity index (χ1v) is 8.63. The minimum atomic E-state index is -0.410. The average molecular weight is 416 g/mol. The summed E-state index contributed by atoms with van der Waals surface area (Å²) >= 11 is 4.58. The third-order valence-electron chi connectivity index (χ3n) is 2.81. The molecule has 0 unspecified atom stereocenters. The number of thiazole rings is 1. The van der Waals surface area contributed by atoms with Crippen LogP contribution in [-0.2, 0) is 16.0 Å². The summed E-state index contributed by atoms with van der Waals surface area (Å²) in [7, 11) is 1.45. The van der Waals surface area contributed by atoms with Crippen molar-refractivity contribution in [3.63, 3.8) is 0 Å². The number of hydrogen-bond acceptors (Lipinski definition) is 7. The Balaban J connectivity index is 2.02. The van der Waals surface area contributed by atoms with Crippen LogP contribution in [0.3, 0.4) is 0 Å². The number of ether oxygens (including phenoxy) is 2. The van der Waals surface area contributed by atoms with E-state index in [1.165, 1.54) is 36.8 Å². The first-order valence-electron chi connectivity index (χ1n) is 6.95. The van der Waals surface area contributed by atoms with Gasteiger partial charge < -0.3 is 9.47 Å². The molecule has 0 bridgehead atoms. The highest BCUT2D eigenvalue weighted by atomic mass is 79.9. The Bertz CT molecular complexity index is 752. The van der Waals surface area contributed by atoms with E-state index in [0.717, 1.165) is 0 Å². The highest BCUT2D eigenvalue weighted by Crippen LogP contribution is 2.27. The van der Waals surface area contributed by atoms with Gasteiger partial charge in [0.05, 0.1) is 37.6 Å². The van der Waals surface area contributed by atoms with Gasteiger partial charge in [0, 0.05) is 15.9 Å². The monoisotopic (exact) mass is 415 g/mol. The molecule has 0 fully saturated rings. The first-order chi connectivity index (χ1) is 11.5. The number of hydrazone groups is 1. The number of methoxy groups -OCH3 is 1. The van der Waals surface area contributed by atoms with E-state index in [9.17, 15) is 9.18 Å². The molecule has 9 heteroatoms. The molecule has 0 spiro atoms. The van der Waals surface area contributed by atoms with E-state index in [-0.39, 0.29) is 12.4 Å². The number of anilines is 1. The van der Waals surface area contributed by atoms with Gasteiger partial charge in [0.25, 0.3) is 0 Å². The van der Waals surface area contributed by atoms with Crippen LogP contribution in [0.25, 0.3) is 0 Å². The molecule has 128 valence electrons. The number of nitrogens with one attached hydrogen (secondary N) is 1. The summed E-state index contributed by atoms with van der Waals surface area (Å²) in [6.07, 6.45) is 1.61. The maximum atomic E-state index is 13.3. The molecule has 1 heterocycles. The second-order valence-electron chi connectivity index (χ2n) is 4.50. The van der Waals surface area contributed by atoms with Crippen LogP contribution in [0, 0.1) is 5.82 Å². The van der Waals surface area contributed by atoms with Crippen molar-refractivity contribution in [2.75, 3.05) is 19.1 Å². The van der Waals surface area contributed by atoms with Gasteiger partial charge in [-0.3, -0.25) is 10.2 Å². The number of benzene rings is 1. The van der Waals surface area contributed by atoms with Crippen molar-refractivity contribution >= 4 is 44.6 Å². The zero-order valence-corrected chi connectivity index (χ0v) is 15.4. The molecule has 0 amide bonds. The summed E-state index contributed by atoms with van der Waals surface area (Å²) in [6, 6.07) is 2.59. The van der Waals surface area contributed by atoms with Crippen molar-refractivity contribution in [2.24, 2.45) is 5.10 Å². The molecule has 1 aromatic carbocycles. The highest BCUT2D eigenvalue weighted by molar-refractivity contribution is 9.10. The fourth-order valence-corrected chi connectivity index (χ4v) is 2.98. The van der Waals surface area contributed by atoms with Crippen LogP contribution >= 0.6 is 27.3 Å². The Hall–Kier alpha value is -2.00. The quantitative estimate of drug-likeness (QED) is 0.424. The lowest BCUT2D eigenvalue weighted by atomic mass is 10.2. The molecule has 0 aliphatic heterocycles. The number of aromatic nitrogens is 1. The number of carbonyl (C=O) groups excluding carboxylic acids is 1. The molecule has 1 N–H and O–H groups in total. The average Bonchev–Trinajstić information content (AvgIpc) is 2.96. The van der Waals surface area contributed by atoms with E-state index in [0.29, 0.717) is 33.2 Å². The van der Waals surface area contributed by atoms with Gasteiger partial charge in [-0.1, -0.05) is 0 Å². The summed E-state index contributed by atoms with van der Waals surface area (Å²) in [6.45, 7) is 2.09. The van der Waals surface area contributed by atoms with Gasteiger partial charge in [0.2, 0.25) is 5.13 Å². The number of hydrogen-bond donors (Lipinski definition) is 1. The third-order valence-corrected chi connectivity index (χ3v) is 4.26. The van der Waals surface area contributed by atoms with E-state index >= 15 is 0 Å². The van der Waals surface area contributed by atoms with E-state index < -0.39 is 5.82 Å². The van der Waals surface area contributed by atoms with Crippen LogP contribution in [0.4, 0.5) is 9.52 Å². The Kier molecular flexibility index (Phi) is 6.68. The standard InChI is InChI=1S/C15H15BrFN3O3S/c1-3-23-14(21)6-10-8-24-15(19-10)20-18-7-11-12(16)4-9(17)5-13(11)22-2/h4-5,7-8H,3,6H2,1-2H3,(H,19,20). The second kappa shape index (κ2) is 8.74. The van der Waals surface area contributed by atoms with Crippen LogP contribution in [0.1, 0.15) is 18.2 Å². The number of rotatable bonds is 7. The lowest BCUT2D eigenvalue weighted by molar-refractivity contribution is -0.142. The lowest BCUT2D eigenvalue weighted by Crippen LogP contribution is -2.07. The summed E-state index contributed by atoms with van der Waals surface area (Å²) in [5.41, 5.74) is 3.97. The summed E-state index contributed by atoms with van der Waals surface area (Å²) in [5, 5.41) is 6.35. The molecule has 24 heavy (non-hydrogen) atoms. The number of nitrogens with zero attached hydrogens (tertiary/aromatic N) is 2. The molecule has 2 rings (SSSR count). The molecular formula is C15H15BrFN3O3S. The molecule has 0 saturated carbocycles. The van der Waals surface area contributed by atoms with Crippen molar-refractivity contribution < 1.29 is 18.7 Å². The minimum Gasteiger partial charge on any atom is -0.496 e. The van der Waals surface area contributed by atoms with Gasteiger partial charge in [-0.15, -0.1) is 11.3 Å². The molecule has 0 radical (unpaired) electrons. The van der Waals surface area contributed by atoms with Crippen molar-refractivity contribution in [1.29, 1.82) is 0 Å². The first kappa shape index (κ1) is 18.3. The third kappa shape index (κ3) is 5.00. The zero-order chi connectivity index (χ0) is 17.5. The molecule has 2 aromatic rings. The van der Waals surface area contributed by atoms with Gasteiger partial charge in [0.1, 0.15) is 11.6 Å². The van der Waals surface area contributed by atoms with Crippen molar-refractivity contribution in [2.45, 2.75) is 13.3 Å². The molecular weight excluding hydrogens is 401 g/mol. The van der Waals surface area contributed by atoms with Crippen molar-refractivity contribution in [3.8, 4) is 5.75 Å². The summed E-state index contributed by atoms with van der Waals surface area (Å²) in [4.78, 5) is 15.6. The number of halogens is 2. The van der Waals surface area contributed by atoms with E-state index in [2.05, 4.69) is 31.4 Å². The van der Waals surface area contributed by atoms with Crippen LogP contribution < -0.4 is 10.2 Å². The molecule has 6 nitrogen and oxygen atoms in total. The van der Waals surface area contributed by atoms with Gasteiger partial charge in [-0.25, -0.2) is 9.37 Å². The number of esters is 1. The normalized spacial score (nSPS) is 10.8. The minimum absolute atomic E-state index is 0.118. The molecule has 1 aromatic heterocycles.